The van der Waals surface area contributed by atoms with Crippen molar-refractivity contribution in [3.05, 3.63) is 36.2 Å². The molecule has 0 bridgehead atoms. The van der Waals surface area contributed by atoms with Gasteiger partial charge in [0.05, 0.1) is 24.7 Å². The fourth-order valence-electron chi connectivity index (χ4n) is 2.98. The number of carbonyl (C=O) groups is 2. The van der Waals surface area contributed by atoms with E-state index in [-0.39, 0.29) is 11.4 Å². The second-order valence-corrected chi connectivity index (χ2v) is 7.06. The summed E-state index contributed by atoms with van der Waals surface area (Å²) in [5, 5.41) is 13.5. The number of amides is 2. The molecule has 9 nitrogen and oxygen atoms in total. The molecule has 3 rings (SSSR count). The smallest absolute Gasteiger partial charge is 0.405 e. The highest BCUT2D eigenvalue weighted by Crippen LogP contribution is 2.44. The third kappa shape index (κ3) is 4.13. The van der Waals surface area contributed by atoms with E-state index in [2.05, 4.69) is 34.4 Å². The van der Waals surface area contributed by atoms with E-state index >= 15 is 0 Å². The average Bonchev–Trinajstić information content (AvgIpc) is 2.97. The summed E-state index contributed by atoms with van der Waals surface area (Å²) < 4.78 is 11.5. The Morgan fingerprint density at radius 1 is 1.32 bits per heavy atom. The molecule has 1 aromatic heterocycles. The van der Waals surface area contributed by atoms with Crippen LogP contribution in [0.2, 0.25) is 0 Å². The monoisotopic (exact) mass is 386 g/mol. The van der Waals surface area contributed by atoms with Crippen molar-refractivity contribution in [3.63, 3.8) is 0 Å². The Labute approximate surface area is 162 Å². The molecule has 2 amide bonds. The Morgan fingerprint density at radius 2 is 2.04 bits per heavy atom. The van der Waals surface area contributed by atoms with Crippen LogP contribution in [0.25, 0.3) is 0 Å². The zero-order chi connectivity index (χ0) is 20.3. The lowest BCUT2D eigenvalue weighted by atomic mass is 9.86. The van der Waals surface area contributed by atoms with Gasteiger partial charge in [-0.1, -0.05) is 26.8 Å². The summed E-state index contributed by atoms with van der Waals surface area (Å²) in [6.45, 7) is 6.41. The quantitative estimate of drug-likeness (QED) is 0.697. The molecule has 2 aromatic rings. The molecule has 0 saturated heterocycles. The van der Waals surface area contributed by atoms with Gasteiger partial charge < -0.3 is 25.2 Å². The first-order valence-corrected chi connectivity index (χ1v) is 8.86. The Morgan fingerprint density at radius 3 is 2.68 bits per heavy atom. The highest BCUT2D eigenvalue weighted by Gasteiger charge is 2.35. The van der Waals surface area contributed by atoms with Gasteiger partial charge in [-0.3, -0.25) is 4.79 Å². The van der Waals surface area contributed by atoms with E-state index < -0.39 is 18.0 Å². The first-order valence-electron chi connectivity index (χ1n) is 8.86. The number of anilines is 1. The molecule has 148 valence electrons. The number of benzene rings is 1. The average molecular weight is 386 g/mol. The van der Waals surface area contributed by atoms with Gasteiger partial charge in [-0.2, -0.15) is 0 Å². The number of ether oxygens (including phenoxy) is 2. The zero-order valence-corrected chi connectivity index (χ0v) is 15.9. The SMILES string of the molecule is CC[C@@H](NC(=O)O)C(=O)Nc1cnc(Oc2cccc3c2C(C)(C)CO3)nc1. The van der Waals surface area contributed by atoms with E-state index in [9.17, 15) is 9.59 Å². The second-order valence-electron chi connectivity index (χ2n) is 7.06. The van der Waals surface area contributed by atoms with Crippen molar-refractivity contribution in [2.75, 3.05) is 11.9 Å². The van der Waals surface area contributed by atoms with Gasteiger partial charge in [0.1, 0.15) is 17.5 Å². The maximum Gasteiger partial charge on any atom is 0.405 e. The number of hydrogen-bond donors (Lipinski definition) is 3. The van der Waals surface area contributed by atoms with Crippen LogP contribution >= 0.6 is 0 Å². The maximum atomic E-state index is 12.1. The van der Waals surface area contributed by atoms with E-state index in [1.54, 1.807) is 6.92 Å². The third-order valence-electron chi connectivity index (χ3n) is 4.37. The van der Waals surface area contributed by atoms with Gasteiger partial charge in [-0.25, -0.2) is 14.8 Å². The lowest BCUT2D eigenvalue weighted by Gasteiger charge is -2.18. The minimum atomic E-state index is -1.26. The van der Waals surface area contributed by atoms with Gasteiger partial charge in [0, 0.05) is 11.0 Å². The highest BCUT2D eigenvalue weighted by atomic mass is 16.5. The molecule has 1 aliphatic rings. The van der Waals surface area contributed by atoms with Crippen LogP contribution in [0.15, 0.2) is 30.6 Å². The van der Waals surface area contributed by atoms with E-state index in [4.69, 9.17) is 14.6 Å². The molecule has 0 fully saturated rings. The van der Waals surface area contributed by atoms with Gasteiger partial charge in [-0.05, 0) is 18.6 Å². The zero-order valence-electron chi connectivity index (χ0n) is 15.9. The predicted molar refractivity (Wildman–Crippen MR) is 101 cm³/mol. The summed E-state index contributed by atoms with van der Waals surface area (Å²) >= 11 is 0. The minimum absolute atomic E-state index is 0.129. The summed E-state index contributed by atoms with van der Waals surface area (Å²) in [5.74, 6) is 0.915. The maximum absolute atomic E-state index is 12.1. The summed E-state index contributed by atoms with van der Waals surface area (Å²) in [7, 11) is 0. The number of carbonyl (C=O) groups excluding carboxylic acids is 1. The number of carboxylic acid groups (broad SMARTS) is 1. The van der Waals surface area contributed by atoms with Crippen molar-refractivity contribution in [1.82, 2.24) is 15.3 Å². The van der Waals surface area contributed by atoms with Gasteiger partial charge in [0.2, 0.25) is 5.91 Å². The normalized spacial score (nSPS) is 15.1. The molecule has 1 aliphatic heterocycles. The van der Waals surface area contributed by atoms with Crippen molar-refractivity contribution < 1.29 is 24.2 Å². The molecule has 2 heterocycles. The van der Waals surface area contributed by atoms with Crippen molar-refractivity contribution in [2.24, 2.45) is 0 Å². The molecular formula is C19H22N4O5. The Bertz CT molecular complexity index is 882. The molecule has 9 heteroatoms. The highest BCUT2D eigenvalue weighted by molar-refractivity contribution is 5.96. The van der Waals surface area contributed by atoms with Crippen molar-refractivity contribution in [1.29, 1.82) is 0 Å². The summed E-state index contributed by atoms with van der Waals surface area (Å²) in [6.07, 6.45) is 1.86. The van der Waals surface area contributed by atoms with E-state index in [1.165, 1.54) is 12.4 Å². The third-order valence-corrected chi connectivity index (χ3v) is 4.37. The molecule has 1 atom stereocenters. The fraction of sp³-hybridized carbons (Fsp3) is 0.368. The number of rotatable bonds is 6. The van der Waals surface area contributed by atoms with Crippen LogP contribution in [-0.4, -0.2) is 39.7 Å². The number of fused-ring (bicyclic) bond motifs is 1. The summed E-state index contributed by atoms with van der Waals surface area (Å²) in [4.78, 5) is 31.1. The van der Waals surface area contributed by atoms with E-state index in [1.807, 2.05) is 18.2 Å². The topological polar surface area (TPSA) is 123 Å². The van der Waals surface area contributed by atoms with Crippen molar-refractivity contribution >= 4 is 17.7 Å². The molecule has 0 saturated carbocycles. The summed E-state index contributed by atoms with van der Waals surface area (Å²) in [5.41, 5.74) is 1.11. The van der Waals surface area contributed by atoms with Gasteiger partial charge in [-0.15, -0.1) is 0 Å². The Hall–Kier alpha value is -3.36. The van der Waals surface area contributed by atoms with Gasteiger partial charge in [0.25, 0.3) is 0 Å². The van der Waals surface area contributed by atoms with E-state index in [0.29, 0.717) is 24.5 Å². The van der Waals surface area contributed by atoms with Crippen LogP contribution in [0.3, 0.4) is 0 Å². The van der Waals surface area contributed by atoms with Crippen molar-refractivity contribution in [2.45, 2.75) is 38.6 Å². The first kappa shape index (κ1) is 19.4. The largest absolute Gasteiger partial charge is 0.492 e. The molecule has 0 aliphatic carbocycles. The fourth-order valence-corrected chi connectivity index (χ4v) is 2.98. The predicted octanol–water partition coefficient (Wildman–Crippen LogP) is 2.92. The molecule has 0 unspecified atom stereocenters. The van der Waals surface area contributed by atoms with Crippen LogP contribution in [0.5, 0.6) is 17.5 Å². The van der Waals surface area contributed by atoms with Crippen LogP contribution in [0, 0.1) is 0 Å². The van der Waals surface area contributed by atoms with Crippen LogP contribution < -0.4 is 20.1 Å². The molecule has 28 heavy (non-hydrogen) atoms. The van der Waals surface area contributed by atoms with Gasteiger partial charge >= 0.3 is 12.1 Å². The molecular weight excluding hydrogens is 364 g/mol. The lowest BCUT2D eigenvalue weighted by molar-refractivity contribution is -0.118. The number of nitrogens with one attached hydrogen (secondary N) is 2. The first-order chi connectivity index (χ1) is 13.3. The van der Waals surface area contributed by atoms with Crippen LogP contribution in [0.1, 0.15) is 32.8 Å². The molecule has 0 spiro atoms. The molecule has 0 radical (unpaired) electrons. The molecule has 3 N–H and O–H groups in total. The van der Waals surface area contributed by atoms with E-state index in [0.717, 1.165) is 11.3 Å². The summed E-state index contributed by atoms with van der Waals surface area (Å²) in [6, 6.07) is 4.83. The molecule has 1 aromatic carbocycles. The number of nitrogens with zero attached hydrogens (tertiary/aromatic N) is 2. The van der Waals surface area contributed by atoms with Crippen LogP contribution in [0.4, 0.5) is 10.5 Å². The standard InChI is InChI=1S/C19H22N4O5/c1-4-12(23-18(25)26)16(24)22-11-8-20-17(21-9-11)28-14-7-5-6-13-15(14)19(2,3)10-27-13/h5-9,12,23H,4,10H2,1-3H3,(H,22,24)(H,25,26)/t12-/m1/s1. The Balaban J connectivity index is 1.70. The van der Waals surface area contributed by atoms with Crippen LogP contribution in [-0.2, 0) is 10.2 Å². The Kier molecular flexibility index (Phi) is 5.34. The lowest BCUT2D eigenvalue weighted by Crippen LogP contribution is -2.42. The minimum Gasteiger partial charge on any atom is -0.492 e. The van der Waals surface area contributed by atoms with Gasteiger partial charge in [0.15, 0.2) is 0 Å². The van der Waals surface area contributed by atoms with Crippen molar-refractivity contribution in [3.8, 4) is 17.5 Å². The number of hydrogen-bond acceptors (Lipinski definition) is 6. The second kappa shape index (κ2) is 7.71. The number of aromatic nitrogens is 2.